The largest absolute Gasteiger partial charge is 0.488 e. The maximum atomic E-state index is 13.6. The summed E-state index contributed by atoms with van der Waals surface area (Å²) in [4.78, 5) is 29.4. The van der Waals surface area contributed by atoms with Gasteiger partial charge in [-0.15, -0.1) is 0 Å². The molecule has 1 aliphatic rings. The summed E-state index contributed by atoms with van der Waals surface area (Å²) in [6, 6.07) is 21.3. The van der Waals surface area contributed by atoms with Crippen LogP contribution in [0.25, 0.3) is 0 Å². The van der Waals surface area contributed by atoms with Gasteiger partial charge in [-0.1, -0.05) is 37.3 Å². The average Bonchev–Trinajstić information content (AvgIpc) is 2.99. The molecule has 1 aliphatic heterocycles. The molecule has 0 fully saturated rings. The van der Waals surface area contributed by atoms with Gasteiger partial charge in [0.05, 0.1) is 24.6 Å². The smallest absolute Gasteiger partial charge is 0.389 e. The van der Waals surface area contributed by atoms with Gasteiger partial charge in [-0.05, 0) is 62.0 Å². The molecule has 0 radical (unpaired) electrons. The van der Waals surface area contributed by atoms with Gasteiger partial charge in [0.2, 0.25) is 5.91 Å². The highest BCUT2D eigenvalue weighted by atomic mass is 19.4. The first-order valence-corrected chi connectivity index (χ1v) is 14.5. The van der Waals surface area contributed by atoms with E-state index < -0.39 is 36.9 Å². The van der Waals surface area contributed by atoms with Crippen molar-refractivity contribution in [1.29, 1.82) is 0 Å². The summed E-state index contributed by atoms with van der Waals surface area (Å²) in [6.45, 7) is 4.93. The summed E-state index contributed by atoms with van der Waals surface area (Å²) in [7, 11) is 1.98. The minimum absolute atomic E-state index is 0.105. The Morgan fingerprint density at radius 2 is 1.80 bits per heavy atom. The molecule has 8 nitrogen and oxygen atoms in total. The first-order chi connectivity index (χ1) is 20.9. The zero-order chi connectivity index (χ0) is 31.9. The molecule has 1 heterocycles. The zero-order valence-corrected chi connectivity index (χ0v) is 25.0. The highest BCUT2D eigenvalue weighted by Gasteiger charge is 2.34. The fraction of sp³-hybridized carbons (Fsp3) is 0.394. The Labute approximate surface area is 255 Å². The van der Waals surface area contributed by atoms with Gasteiger partial charge < -0.3 is 24.8 Å². The number of alkyl halides is 3. The molecule has 3 aromatic carbocycles. The van der Waals surface area contributed by atoms with Crippen LogP contribution in [0.2, 0.25) is 0 Å². The maximum Gasteiger partial charge on any atom is 0.389 e. The molecule has 2 amide bonds. The number of carbonyl (C=O) groups excluding carboxylic acids is 2. The minimum Gasteiger partial charge on any atom is -0.488 e. The number of aliphatic hydroxyl groups excluding tert-OH is 1. The van der Waals surface area contributed by atoms with Crippen LogP contribution < -0.4 is 14.8 Å². The molecule has 11 heteroatoms. The number of nitrogens with one attached hydrogen (secondary N) is 1. The second-order valence-corrected chi connectivity index (χ2v) is 11.3. The van der Waals surface area contributed by atoms with Crippen LogP contribution in [0, 0.1) is 5.92 Å². The lowest BCUT2D eigenvalue weighted by Crippen LogP contribution is -2.49. The van der Waals surface area contributed by atoms with E-state index in [4.69, 9.17) is 9.47 Å². The van der Waals surface area contributed by atoms with Crippen molar-refractivity contribution < 1.29 is 37.3 Å². The van der Waals surface area contributed by atoms with E-state index in [1.165, 1.54) is 12.1 Å². The predicted molar refractivity (Wildman–Crippen MR) is 161 cm³/mol. The van der Waals surface area contributed by atoms with Gasteiger partial charge in [-0.2, -0.15) is 13.2 Å². The molecule has 0 aliphatic carbocycles. The summed E-state index contributed by atoms with van der Waals surface area (Å²) in [5.74, 6) is 0.471. The lowest BCUT2D eigenvalue weighted by atomic mass is 9.99. The maximum absolute atomic E-state index is 13.6. The molecular weight excluding hydrogens is 575 g/mol. The number of anilines is 1. The van der Waals surface area contributed by atoms with Crippen LogP contribution >= 0.6 is 0 Å². The number of ether oxygens (including phenoxy) is 2. The van der Waals surface area contributed by atoms with E-state index in [9.17, 15) is 27.9 Å². The second-order valence-electron chi connectivity index (χ2n) is 11.3. The minimum atomic E-state index is -4.45. The SMILES string of the molecule is C[C@H]1CN([C@@H](C)CO)C(=O)c2cc(NC(=O)CCC(F)(F)F)ccc2O[C@@H]1CN(C)Cc1ccc(Oc2ccccc2)cc1. The summed E-state index contributed by atoms with van der Waals surface area (Å²) in [5.41, 5.74) is 1.42. The molecule has 4 rings (SSSR count). The third kappa shape index (κ3) is 9.20. The van der Waals surface area contributed by atoms with Gasteiger partial charge in [0, 0.05) is 37.7 Å². The van der Waals surface area contributed by atoms with Crippen molar-refractivity contribution in [2.24, 2.45) is 5.92 Å². The number of para-hydroxylation sites is 1. The molecule has 0 unspecified atom stereocenters. The lowest BCUT2D eigenvalue weighted by molar-refractivity contribution is -0.142. The highest BCUT2D eigenvalue weighted by molar-refractivity contribution is 5.99. The Hall–Kier alpha value is -4.09. The highest BCUT2D eigenvalue weighted by Crippen LogP contribution is 2.31. The Morgan fingerprint density at radius 3 is 2.45 bits per heavy atom. The van der Waals surface area contributed by atoms with Crippen molar-refractivity contribution in [2.75, 3.05) is 32.1 Å². The van der Waals surface area contributed by atoms with E-state index in [1.807, 2.05) is 68.6 Å². The Morgan fingerprint density at radius 1 is 1.11 bits per heavy atom. The predicted octanol–water partition coefficient (Wildman–Crippen LogP) is 6.11. The van der Waals surface area contributed by atoms with Crippen LogP contribution in [-0.2, 0) is 11.3 Å². The third-order valence-corrected chi connectivity index (χ3v) is 7.43. The fourth-order valence-corrected chi connectivity index (χ4v) is 4.97. The number of halogens is 3. The van der Waals surface area contributed by atoms with Gasteiger partial charge in [0.15, 0.2) is 0 Å². The molecule has 3 aromatic rings. The van der Waals surface area contributed by atoms with Crippen LogP contribution in [-0.4, -0.2) is 71.8 Å². The summed E-state index contributed by atoms with van der Waals surface area (Å²) in [6.07, 6.45) is -6.76. The van der Waals surface area contributed by atoms with Crippen LogP contribution in [0.4, 0.5) is 18.9 Å². The molecule has 0 saturated heterocycles. The topological polar surface area (TPSA) is 91.3 Å². The standard InChI is InChI=1S/C33H38F3N3O5/c1-22-18-39(23(2)21-40)32(42)28-17-25(37-31(41)15-16-33(34,35)36)11-14-29(28)44-30(22)20-38(3)19-24-9-12-27(13-10-24)43-26-7-5-4-6-8-26/h4-14,17,22-23,30,40H,15-16,18-21H2,1-3H3,(H,37,41)/t22-,23-,30+/m0/s1. The second kappa shape index (κ2) is 14.6. The van der Waals surface area contributed by atoms with E-state index >= 15 is 0 Å². The number of amides is 2. The Kier molecular flexibility index (Phi) is 10.9. The van der Waals surface area contributed by atoms with E-state index in [1.54, 1.807) is 17.9 Å². The van der Waals surface area contributed by atoms with Crippen LogP contribution in [0.5, 0.6) is 17.2 Å². The number of hydrogen-bond acceptors (Lipinski definition) is 6. The summed E-state index contributed by atoms with van der Waals surface area (Å²) in [5, 5.41) is 12.3. The number of carbonyl (C=O) groups is 2. The Balaban J connectivity index is 1.48. The van der Waals surface area contributed by atoms with Gasteiger partial charge in [0.25, 0.3) is 5.91 Å². The number of nitrogens with zero attached hydrogens (tertiary/aromatic N) is 2. The van der Waals surface area contributed by atoms with E-state index in [-0.39, 0.29) is 29.9 Å². The average molecular weight is 614 g/mol. The van der Waals surface area contributed by atoms with Gasteiger partial charge in [0.1, 0.15) is 23.4 Å². The first kappa shape index (κ1) is 32.8. The first-order valence-electron chi connectivity index (χ1n) is 14.5. The molecule has 0 bridgehead atoms. The quantitative estimate of drug-likeness (QED) is 0.271. The zero-order valence-electron chi connectivity index (χ0n) is 25.0. The van der Waals surface area contributed by atoms with Crippen LogP contribution in [0.3, 0.4) is 0 Å². The van der Waals surface area contributed by atoms with Crippen LogP contribution in [0.15, 0.2) is 72.8 Å². The van der Waals surface area contributed by atoms with Crippen molar-refractivity contribution in [3.63, 3.8) is 0 Å². The molecule has 0 aromatic heterocycles. The van der Waals surface area contributed by atoms with Crippen molar-refractivity contribution >= 4 is 17.5 Å². The van der Waals surface area contributed by atoms with Crippen molar-refractivity contribution in [2.45, 2.75) is 51.6 Å². The number of rotatable bonds is 11. The number of likely N-dealkylation sites (N-methyl/N-ethyl adjacent to an activating group) is 1. The van der Waals surface area contributed by atoms with Gasteiger partial charge >= 0.3 is 6.18 Å². The fourth-order valence-electron chi connectivity index (χ4n) is 4.97. The van der Waals surface area contributed by atoms with Gasteiger partial charge in [-0.25, -0.2) is 0 Å². The number of hydrogen-bond donors (Lipinski definition) is 2. The van der Waals surface area contributed by atoms with Crippen LogP contribution in [0.1, 0.15) is 42.6 Å². The molecule has 44 heavy (non-hydrogen) atoms. The normalized spacial score (nSPS) is 17.7. The summed E-state index contributed by atoms with van der Waals surface area (Å²) < 4.78 is 50.0. The number of aliphatic hydroxyl groups is 1. The van der Waals surface area contributed by atoms with Crippen molar-refractivity contribution in [1.82, 2.24) is 9.80 Å². The van der Waals surface area contributed by atoms with E-state index in [2.05, 4.69) is 10.2 Å². The van der Waals surface area contributed by atoms with E-state index in [0.29, 0.717) is 25.4 Å². The molecule has 236 valence electrons. The lowest BCUT2D eigenvalue weighted by Gasteiger charge is -2.38. The molecule has 3 atom stereocenters. The summed E-state index contributed by atoms with van der Waals surface area (Å²) >= 11 is 0. The van der Waals surface area contributed by atoms with Gasteiger partial charge in [-0.3, -0.25) is 14.5 Å². The van der Waals surface area contributed by atoms with Crippen molar-refractivity contribution in [3.05, 3.63) is 83.9 Å². The molecular formula is C33H38F3N3O5. The number of benzene rings is 3. The van der Waals surface area contributed by atoms with E-state index in [0.717, 1.165) is 17.1 Å². The number of fused-ring (bicyclic) bond motifs is 1. The molecule has 2 N–H and O–H groups in total. The Bertz CT molecular complexity index is 1400. The third-order valence-electron chi connectivity index (χ3n) is 7.43. The molecule has 0 saturated carbocycles. The molecule has 0 spiro atoms. The van der Waals surface area contributed by atoms with Crippen molar-refractivity contribution in [3.8, 4) is 17.2 Å². The monoisotopic (exact) mass is 613 g/mol.